The molecule has 9 nitrogen and oxygen atoms in total. The van der Waals surface area contributed by atoms with Gasteiger partial charge in [-0.05, 0) is 41.8 Å². The average Bonchev–Trinajstić information content (AvgIpc) is 3.02. The first-order chi connectivity index (χ1) is 21.4. The summed E-state index contributed by atoms with van der Waals surface area (Å²) in [5.74, 6) is -1.68. The number of rotatable bonds is 15. The van der Waals surface area contributed by atoms with Gasteiger partial charge in [-0.1, -0.05) is 67.9 Å². The summed E-state index contributed by atoms with van der Waals surface area (Å²) < 4.78 is 41.2. The van der Waals surface area contributed by atoms with Crippen molar-refractivity contribution in [3.63, 3.8) is 0 Å². The summed E-state index contributed by atoms with van der Waals surface area (Å²) in [5.41, 5.74) is 1.31. The van der Waals surface area contributed by atoms with Gasteiger partial charge in [-0.15, -0.1) is 4.47 Å². The lowest BCUT2D eigenvalue weighted by Crippen LogP contribution is -2.37. The van der Waals surface area contributed by atoms with Crippen LogP contribution in [0.2, 0.25) is 5.02 Å². The predicted molar refractivity (Wildman–Crippen MR) is 174 cm³/mol. The van der Waals surface area contributed by atoms with E-state index in [1.165, 1.54) is 42.2 Å². The van der Waals surface area contributed by atoms with Crippen molar-refractivity contribution in [2.45, 2.75) is 57.5 Å². The minimum absolute atomic E-state index is 0.0167. The highest BCUT2D eigenvalue weighted by atomic mass is 35.5. The molecule has 0 spiro atoms. The van der Waals surface area contributed by atoms with Crippen LogP contribution in [-0.2, 0) is 37.5 Å². The van der Waals surface area contributed by atoms with Crippen LogP contribution in [0.15, 0.2) is 71.6 Å². The number of halogens is 2. The average molecular weight is 678 g/mol. The monoisotopic (exact) mass is 677 g/mol. The van der Waals surface area contributed by atoms with Gasteiger partial charge in [0.2, 0.25) is 11.8 Å². The number of hydroxylamine groups is 1. The zero-order chi connectivity index (χ0) is 33.1. The van der Waals surface area contributed by atoms with Crippen molar-refractivity contribution in [2.75, 3.05) is 18.8 Å². The van der Waals surface area contributed by atoms with E-state index in [1.54, 1.807) is 29.2 Å². The molecule has 3 aromatic carbocycles. The summed E-state index contributed by atoms with van der Waals surface area (Å²) in [6.07, 6.45) is 0.563. The first-order valence-electron chi connectivity index (χ1n) is 14.5. The zero-order valence-corrected chi connectivity index (χ0v) is 27.6. The van der Waals surface area contributed by atoms with E-state index in [1.807, 2.05) is 13.0 Å². The number of carbonyl (C=O) groups excluding carboxylic acids is 3. The van der Waals surface area contributed by atoms with Crippen LogP contribution in [0.25, 0.3) is 11.1 Å². The highest BCUT2D eigenvalue weighted by molar-refractivity contribution is 7.89. The Bertz CT molecular complexity index is 1620. The van der Waals surface area contributed by atoms with Crippen LogP contribution in [0.5, 0.6) is 0 Å². The quantitative estimate of drug-likeness (QED) is 0.117. The third-order valence-electron chi connectivity index (χ3n) is 7.03. The van der Waals surface area contributed by atoms with Crippen molar-refractivity contribution in [1.29, 1.82) is 0 Å². The zero-order valence-electron chi connectivity index (χ0n) is 25.2. The Hall–Kier alpha value is -3.45. The number of thiol groups is 1. The fourth-order valence-corrected chi connectivity index (χ4v) is 6.41. The van der Waals surface area contributed by atoms with Crippen LogP contribution in [0.1, 0.15) is 50.7 Å². The van der Waals surface area contributed by atoms with Gasteiger partial charge in [-0.25, -0.2) is 4.39 Å². The molecule has 0 radical (unpaired) electrons. The molecular formula is C32H37ClFN3O6S2. The van der Waals surface area contributed by atoms with E-state index in [0.717, 1.165) is 11.6 Å². The fourth-order valence-electron chi connectivity index (χ4n) is 4.66. The van der Waals surface area contributed by atoms with Crippen molar-refractivity contribution in [3.05, 3.63) is 88.7 Å². The molecule has 0 heterocycles. The summed E-state index contributed by atoms with van der Waals surface area (Å²) in [6, 6.07) is 16.9. The van der Waals surface area contributed by atoms with Crippen LogP contribution in [0.3, 0.4) is 0 Å². The molecule has 3 aromatic rings. The van der Waals surface area contributed by atoms with Gasteiger partial charge in [0.15, 0.2) is 0 Å². The maximum Gasteiger partial charge on any atom is 0.289 e. The van der Waals surface area contributed by atoms with Gasteiger partial charge in [0.05, 0.1) is 4.90 Å². The van der Waals surface area contributed by atoms with Crippen molar-refractivity contribution in [3.8, 4) is 11.1 Å². The Morgan fingerprint density at radius 2 is 1.56 bits per heavy atom. The molecule has 0 aromatic heterocycles. The molecule has 0 aliphatic rings. The van der Waals surface area contributed by atoms with Crippen molar-refractivity contribution >= 4 is 52.0 Å². The first kappa shape index (κ1) is 36.0. The van der Waals surface area contributed by atoms with E-state index in [2.05, 4.69) is 12.6 Å². The Morgan fingerprint density at radius 1 is 0.867 bits per heavy atom. The van der Waals surface area contributed by atoms with E-state index >= 15 is 4.39 Å². The van der Waals surface area contributed by atoms with Crippen LogP contribution in [-0.4, -0.2) is 64.5 Å². The van der Waals surface area contributed by atoms with E-state index in [0.29, 0.717) is 30.3 Å². The minimum Gasteiger partial charge on any atom is -0.338 e. The second-order valence-corrected chi connectivity index (χ2v) is 12.9. The summed E-state index contributed by atoms with van der Waals surface area (Å²) in [6.45, 7) is 3.95. The Morgan fingerprint density at radius 3 is 2.20 bits per heavy atom. The normalized spacial score (nSPS) is 11.2. The lowest BCUT2D eigenvalue weighted by Gasteiger charge is -2.26. The van der Waals surface area contributed by atoms with E-state index in [-0.39, 0.29) is 70.2 Å². The molecule has 242 valence electrons. The van der Waals surface area contributed by atoms with Crippen molar-refractivity contribution < 1.29 is 32.4 Å². The molecule has 1 N–H and O–H groups in total. The molecule has 0 aliphatic heterocycles. The molecule has 0 aliphatic carbocycles. The lowest BCUT2D eigenvalue weighted by molar-refractivity contribution is -0.145. The van der Waals surface area contributed by atoms with Gasteiger partial charge in [0.1, 0.15) is 5.82 Å². The smallest absolute Gasteiger partial charge is 0.289 e. The largest absolute Gasteiger partial charge is 0.338 e. The molecule has 0 saturated heterocycles. The number of sulfonamides is 1. The fraction of sp³-hybridized carbons (Fsp3) is 0.344. The summed E-state index contributed by atoms with van der Waals surface area (Å²) >= 11 is 10.4. The van der Waals surface area contributed by atoms with Crippen LogP contribution in [0, 0.1) is 5.82 Å². The Kier molecular flexibility index (Phi) is 13.4. The third kappa shape index (κ3) is 9.52. The lowest BCUT2D eigenvalue weighted by atomic mass is 10.0. The summed E-state index contributed by atoms with van der Waals surface area (Å²) in [5, 5.41) is 10.6. The number of benzene rings is 3. The second kappa shape index (κ2) is 16.7. The SMILES string of the molecule is CCCC(=O)N(CCC(=O)N(CCS)Cc1cccc(Cl)c1)Cc1ccc(-c2ccccc2S(=O)(=O)N(O)C(=O)CC)cc1F. The molecule has 0 saturated carbocycles. The molecular weight excluding hydrogens is 641 g/mol. The molecule has 0 atom stereocenters. The number of hydrogen-bond acceptors (Lipinski definition) is 7. The molecule has 0 bridgehead atoms. The predicted octanol–water partition coefficient (Wildman–Crippen LogP) is 5.94. The van der Waals surface area contributed by atoms with E-state index < -0.39 is 21.7 Å². The number of hydrogen-bond donors (Lipinski definition) is 2. The van der Waals surface area contributed by atoms with Gasteiger partial charge >= 0.3 is 0 Å². The highest BCUT2D eigenvalue weighted by Crippen LogP contribution is 2.31. The molecule has 13 heteroatoms. The Labute approximate surface area is 274 Å². The molecule has 45 heavy (non-hydrogen) atoms. The standard InChI is InChI=1S/C32H37ClFN3O6S2/c1-3-8-31(39)35(16-15-32(40)36(17-18-44)21-23-9-7-10-26(33)19-23)22-25-14-13-24(20-28(25)34)27-11-5-6-12-29(27)45(42,43)37(41)30(38)4-2/h5-7,9-14,19-20,41,44H,3-4,8,15-18,21-22H2,1-2H3. The van der Waals surface area contributed by atoms with E-state index in [4.69, 9.17) is 11.6 Å². The third-order valence-corrected chi connectivity index (χ3v) is 9.04. The minimum atomic E-state index is -4.62. The number of nitrogens with zero attached hydrogens (tertiary/aromatic N) is 3. The maximum atomic E-state index is 15.5. The van der Waals surface area contributed by atoms with Crippen molar-refractivity contribution in [1.82, 2.24) is 14.3 Å². The number of amides is 3. The highest BCUT2D eigenvalue weighted by Gasteiger charge is 2.30. The van der Waals surface area contributed by atoms with Gasteiger partial charge in [0, 0.05) is 67.3 Å². The van der Waals surface area contributed by atoms with Crippen LogP contribution >= 0.6 is 24.2 Å². The second-order valence-electron chi connectivity index (χ2n) is 10.3. The van der Waals surface area contributed by atoms with E-state index in [9.17, 15) is 28.0 Å². The first-order valence-corrected chi connectivity index (χ1v) is 16.9. The molecule has 0 unspecified atom stereocenters. The number of carbonyl (C=O) groups is 3. The van der Waals surface area contributed by atoms with Gasteiger partial charge in [-0.3, -0.25) is 19.6 Å². The summed E-state index contributed by atoms with van der Waals surface area (Å²) in [7, 11) is -4.62. The molecule has 3 amide bonds. The van der Waals surface area contributed by atoms with Crippen LogP contribution < -0.4 is 0 Å². The van der Waals surface area contributed by atoms with Crippen LogP contribution in [0.4, 0.5) is 4.39 Å². The van der Waals surface area contributed by atoms with Gasteiger partial charge in [-0.2, -0.15) is 21.0 Å². The topological polar surface area (TPSA) is 115 Å². The summed E-state index contributed by atoms with van der Waals surface area (Å²) in [4.78, 5) is 40.8. The van der Waals surface area contributed by atoms with Gasteiger partial charge in [0.25, 0.3) is 15.9 Å². The molecule has 0 fully saturated rings. The Balaban J connectivity index is 1.82. The van der Waals surface area contributed by atoms with Gasteiger partial charge < -0.3 is 9.80 Å². The van der Waals surface area contributed by atoms with Crippen molar-refractivity contribution in [2.24, 2.45) is 0 Å². The maximum absolute atomic E-state index is 15.5. The molecule has 3 rings (SSSR count).